The van der Waals surface area contributed by atoms with Gasteiger partial charge in [-0.05, 0) is 18.6 Å². The van der Waals surface area contributed by atoms with Gasteiger partial charge in [-0.1, -0.05) is 0 Å². The van der Waals surface area contributed by atoms with Crippen molar-refractivity contribution in [2.75, 3.05) is 32.7 Å². The van der Waals surface area contributed by atoms with E-state index in [1.165, 1.54) is 24.0 Å². The number of non-ortho nitro benzene ring substituents is 1. The van der Waals surface area contributed by atoms with Crippen LogP contribution < -0.4 is 10.6 Å². The molecule has 0 bridgehead atoms. The van der Waals surface area contributed by atoms with Crippen LogP contribution in [-0.2, 0) is 0 Å². The fourth-order valence-corrected chi connectivity index (χ4v) is 2.75. The SMILES string of the molecule is Cc1cc([N+](=O)[O-])ccc1C(=O)NCC(N1CCNCC1)C(F)(F)F. The summed E-state index contributed by atoms with van der Waals surface area (Å²) < 4.78 is 39.9. The summed E-state index contributed by atoms with van der Waals surface area (Å²) in [5.74, 6) is -0.684. The first-order chi connectivity index (χ1) is 11.7. The Labute approximate surface area is 142 Å². The Kier molecular flexibility index (Phi) is 5.96. The fraction of sp³-hybridized carbons (Fsp3) is 0.533. The predicted molar refractivity (Wildman–Crippen MR) is 84.5 cm³/mol. The van der Waals surface area contributed by atoms with E-state index in [-0.39, 0.29) is 24.3 Å². The second-order valence-corrected chi connectivity index (χ2v) is 5.81. The number of amides is 1. The van der Waals surface area contributed by atoms with Gasteiger partial charge >= 0.3 is 6.18 Å². The van der Waals surface area contributed by atoms with Crippen LogP contribution in [0, 0.1) is 17.0 Å². The number of nitro benzene ring substituents is 1. The number of rotatable bonds is 5. The quantitative estimate of drug-likeness (QED) is 0.613. The number of nitro groups is 1. The molecule has 0 aliphatic carbocycles. The van der Waals surface area contributed by atoms with Crippen molar-refractivity contribution in [1.29, 1.82) is 0 Å². The first-order valence-corrected chi connectivity index (χ1v) is 7.75. The average molecular weight is 360 g/mol. The van der Waals surface area contributed by atoms with Gasteiger partial charge in [0.05, 0.1) is 4.92 Å². The second kappa shape index (κ2) is 7.79. The summed E-state index contributed by atoms with van der Waals surface area (Å²) in [6.07, 6.45) is -4.46. The minimum atomic E-state index is -4.46. The molecule has 1 aromatic rings. The molecule has 7 nitrogen and oxygen atoms in total. The van der Waals surface area contributed by atoms with Gasteiger partial charge in [-0.2, -0.15) is 13.2 Å². The van der Waals surface area contributed by atoms with Crippen molar-refractivity contribution < 1.29 is 22.9 Å². The Hall–Kier alpha value is -2.20. The largest absolute Gasteiger partial charge is 0.405 e. The van der Waals surface area contributed by atoms with Crippen molar-refractivity contribution in [3.63, 3.8) is 0 Å². The molecule has 10 heteroatoms. The van der Waals surface area contributed by atoms with Crippen LogP contribution in [0.5, 0.6) is 0 Å². The summed E-state index contributed by atoms with van der Waals surface area (Å²) in [6, 6.07) is 1.85. The molecule has 138 valence electrons. The van der Waals surface area contributed by atoms with Crippen molar-refractivity contribution in [2.45, 2.75) is 19.1 Å². The van der Waals surface area contributed by atoms with Crippen LogP contribution in [0.4, 0.5) is 18.9 Å². The number of carbonyl (C=O) groups excluding carboxylic acids is 1. The summed E-state index contributed by atoms with van der Waals surface area (Å²) in [7, 11) is 0. The minimum Gasteiger partial charge on any atom is -0.350 e. The maximum Gasteiger partial charge on any atom is 0.405 e. The third kappa shape index (κ3) is 4.89. The number of benzene rings is 1. The van der Waals surface area contributed by atoms with Gasteiger partial charge in [0.15, 0.2) is 0 Å². The number of nitrogens with one attached hydrogen (secondary N) is 2. The summed E-state index contributed by atoms with van der Waals surface area (Å²) in [6.45, 7) is 2.34. The molecule has 0 radical (unpaired) electrons. The van der Waals surface area contributed by atoms with Crippen LogP contribution in [0.25, 0.3) is 0 Å². The zero-order chi connectivity index (χ0) is 18.6. The Balaban J connectivity index is 2.07. The van der Waals surface area contributed by atoms with E-state index in [4.69, 9.17) is 0 Å². The normalized spacial score (nSPS) is 17.1. The van der Waals surface area contributed by atoms with Gasteiger partial charge < -0.3 is 10.6 Å². The van der Waals surface area contributed by atoms with E-state index in [2.05, 4.69) is 10.6 Å². The first kappa shape index (κ1) is 19.1. The number of nitrogens with zero attached hydrogens (tertiary/aromatic N) is 2. The maximum absolute atomic E-state index is 13.3. The molecule has 1 aliphatic rings. The van der Waals surface area contributed by atoms with Gasteiger partial charge in [0.25, 0.3) is 11.6 Å². The zero-order valence-electron chi connectivity index (χ0n) is 13.6. The molecule has 1 aromatic carbocycles. The molecule has 1 unspecified atom stereocenters. The Bertz CT molecular complexity index is 645. The van der Waals surface area contributed by atoms with Gasteiger partial charge in [0.1, 0.15) is 6.04 Å². The van der Waals surface area contributed by atoms with Crippen molar-refractivity contribution in [1.82, 2.24) is 15.5 Å². The Morgan fingerprint density at radius 3 is 2.56 bits per heavy atom. The topological polar surface area (TPSA) is 87.5 Å². The molecule has 2 N–H and O–H groups in total. The number of carbonyl (C=O) groups is 1. The van der Waals surface area contributed by atoms with E-state index in [0.29, 0.717) is 18.7 Å². The summed E-state index contributed by atoms with van der Waals surface area (Å²) in [4.78, 5) is 23.6. The highest BCUT2D eigenvalue weighted by Crippen LogP contribution is 2.25. The first-order valence-electron chi connectivity index (χ1n) is 7.75. The fourth-order valence-electron chi connectivity index (χ4n) is 2.75. The van der Waals surface area contributed by atoms with Crippen molar-refractivity contribution in [3.8, 4) is 0 Å². The number of halogens is 3. The van der Waals surface area contributed by atoms with Crippen LogP contribution in [0.2, 0.25) is 0 Å². The van der Waals surface area contributed by atoms with Gasteiger partial charge in [-0.3, -0.25) is 19.8 Å². The standard InChI is InChI=1S/C15H19F3N4O3/c1-10-8-11(22(24)25)2-3-12(10)14(23)20-9-13(15(16,17)18)21-6-4-19-5-7-21/h2-3,8,13,19H,4-7,9H2,1H3,(H,20,23). The summed E-state index contributed by atoms with van der Waals surface area (Å²) >= 11 is 0. The second-order valence-electron chi connectivity index (χ2n) is 5.81. The van der Waals surface area contributed by atoms with E-state index in [0.717, 1.165) is 6.07 Å². The summed E-state index contributed by atoms with van der Waals surface area (Å²) in [5, 5.41) is 16.0. The van der Waals surface area contributed by atoms with E-state index in [1.54, 1.807) is 0 Å². The molecule has 1 fully saturated rings. The van der Waals surface area contributed by atoms with E-state index in [9.17, 15) is 28.1 Å². The Morgan fingerprint density at radius 2 is 2.04 bits per heavy atom. The highest BCUT2D eigenvalue weighted by atomic mass is 19.4. The van der Waals surface area contributed by atoms with Crippen LogP contribution in [0.3, 0.4) is 0 Å². The predicted octanol–water partition coefficient (Wildman–Crippen LogP) is 1.47. The molecular weight excluding hydrogens is 341 g/mol. The lowest BCUT2D eigenvalue weighted by atomic mass is 10.1. The number of alkyl halides is 3. The van der Waals surface area contributed by atoms with Crippen LogP contribution in [0.15, 0.2) is 18.2 Å². The lowest BCUT2D eigenvalue weighted by Gasteiger charge is -2.35. The number of hydrogen-bond donors (Lipinski definition) is 2. The van der Waals surface area contributed by atoms with Crippen LogP contribution in [-0.4, -0.2) is 60.7 Å². The molecule has 1 heterocycles. The molecule has 25 heavy (non-hydrogen) atoms. The monoisotopic (exact) mass is 360 g/mol. The summed E-state index contributed by atoms with van der Waals surface area (Å²) in [5.41, 5.74) is 0.271. The third-order valence-electron chi connectivity index (χ3n) is 4.09. The van der Waals surface area contributed by atoms with Crippen LogP contribution in [0.1, 0.15) is 15.9 Å². The van der Waals surface area contributed by atoms with E-state index in [1.807, 2.05) is 0 Å². The Morgan fingerprint density at radius 1 is 1.40 bits per heavy atom. The van der Waals surface area contributed by atoms with Gasteiger partial charge in [-0.25, -0.2) is 0 Å². The average Bonchev–Trinajstić information content (AvgIpc) is 2.54. The third-order valence-corrected chi connectivity index (χ3v) is 4.09. The van der Waals surface area contributed by atoms with Gasteiger partial charge in [-0.15, -0.1) is 0 Å². The molecule has 1 aliphatic heterocycles. The molecule has 1 saturated heterocycles. The molecule has 0 spiro atoms. The molecule has 1 amide bonds. The minimum absolute atomic E-state index is 0.117. The lowest BCUT2D eigenvalue weighted by Crippen LogP contribution is -2.57. The van der Waals surface area contributed by atoms with Gasteiger partial charge in [0.2, 0.25) is 0 Å². The molecule has 2 rings (SSSR count). The van der Waals surface area contributed by atoms with Crippen molar-refractivity contribution in [2.24, 2.45) is 0 Å². The molecule has 0 saturated carbocycles. The molecule has 0 aromatic heterocycles. The zero-order valence-corrected chi connectivity index (χ0v) is 13.6. The number of hydrogen-bond acceptors (Lipinski definition) is 5. The lowest BCUT2D eigenvalue weighted by molar-refractivity contribution is -0.384. The smallest absolute Gasteiger partial charge is 0.350 e. The molecule has 1 atom stereocenters. The van der Waals surface area contributed by atoms with Crippen molar-refractivity contribution in [3.05, 3.63) is 39.4 Å². The van der Waals surface area contributed by atoms with Gasteiger partial charge in [0, 0.05) is 50.4 Å². The van der Waals surface area contributed by atoms with E-state index >= 15 is 0 Å². The van der Waals surface area contributed by atoms with Crippen LogP contribution >= 0.6 is 0 Å². The van der Waals surface area contributed by atoms with E-state index < -0.39 is 29.6 Å². The number of piperazine rings is 1. The molecular formula is C15H19F3N4O3. The highest BCUT2D eigenvalue weighted by molar-refractivity contribution is 5.95. The number of aryl methyl sites for hydroxylation is 1. The van der Waals surface area contributed by atoms with Crippen molar-refractivity contribution >= 4 is 11.6 Å². The highest BCUT2D eigenvalue weighted by Gasteiger charge is 2.43. The maximum atomic E-state index is 13.3.